The molecule has 1 aliphatic rings. The second-order valence-corrected chi connectivity index (χ2v) is 7.19. The standard InChI is InChI=1S/C15H24N6OS/c1-19(2)5-6-22-11-12-8-21(10-14-16-4-7-23-14)9-13-15(12)20(3)18-17-13/h4,7,12H,5-6,8-11H2,1-3H3/t12-/m0/s1. The van der Waals surface area contributed by atoms with E-state index in [0.717, 1.165) is 43.5 Å². The molecule has 7 nitrogen and oxygen atoms in total. The number of hydrogen-bond acceptors (Lipinski definition) is 7. The third-order valence-electron chi connectivity index (χ3n) is 4.03. The first-order valence-electron chi connectivity index (χ1n) is 7.85. The van der Waals surface area contributed by atoms with Gasteiger partial charge in [0.05, 0.1) is 25.5 Å². The molecule has 8 heteroatoms. The maximum Gasteiger partial charge on any atom is 0.107 e. The van der Waals surface area contributed by atoms with E-state index in [9.17, 15) is 0 Å². The minimum absolute atomic E-state index is 0.306. The molecule has 0 saturated heterocycles. The van der Waals surface area contributed by atoms with Crippen molar-refractivity contribution in [3.8, 4) is 0 Å². The number of nitrogens with zero attached hydrogens (tertiary/aromatic N) is 6. The van der Waals surface area contributed by atoms with Crippen molar-refractivity contribution < 1.29 is 4.74 Å². The maximum absolute atomic E-state index is 5.90. The summed E-state index contributed by atoms with van der Waals surface area (Å²) in [6.45, 7) is 5.04. The molecule has 0 fully saturated rings. The highest BCUT2D eigenvalue weighted by Gasteiger charge is 2.30. The number of aryl methyl sites for hydroxylation is 1. The van der Waals surface area contributed by atoms with Crippen LogP contribution < -0.4 is 0 Å². The lowest BCUT2D eigenvalue weighted by Crippen LogP contribution is -2.36. The zero-order valence-electron chi connectivity index (χ0n) is 14.0. The van der Waals surface area contributed by atoms with Crippen LogP contribution in [0.15, 0.2) is 11.6 Å². The number of aromatic nitrogens is 4. The molecule has 2 aromatic heterocycles. The first-order valence-corrected chi connectivity index (χ1v) is 8.73. The fourth-order valence-electron chi connectivity index (χ4n) is 2.94. The Kier molecular flexibility index (Phi) is 5.37. The van der Waals surface area contributed by atoms with E-state index in [1.807, 2.05) is 23.3 Å². The van der Waals surface area contributed by atoms with Crippen molar-refractivity contribution in [3.63, 3.8) is 0 Å². The molecule has 0 unspecified atom stereocenters. The van der Waals surface area contributed by atoms with Crippen molar-refractivity contribution in [2.45, 2.75) is 19.0 Å². The molecular weight excluding hydrogens is 312 g/mol. The highest BCUT2D eigenvalue weighted by Crippen LogP contribution is 2.28. The van der Waals surface area contributed by atoms with Gasteiger partial charge in [-0.2, -0.15) is 0 Å². The van der Waals surface area contributed by atoms with Crippen LogP contribution >= 0.6 is 11.3 Å². The summed E-state index contributed by atoms with van der Waals surface area (Å²) in [6, 6.07) is 0. The Morgan fingerprint density at radius 3 is 3.04 bits per heavy atom. The molecular formula is C15H24N6OS. The van der Waals surface area contributed by atoms with Crippen molar-refractivity contribution in [1.82, 2.24) is 29.8 Å². The highest BCUT2D eigenvalue weighted by molar-refractivity contribution is 7.09. The van der Waals surface area contributed by atoms with Crippen molar-refractivity contribution in [2.75, 3.05) is 40.4 Å². The predicted molar refractivity (Wildman–Crippen MR) is 89.3 cm³/mol. The highest BCUT2D eigenvalue weighted by atomic mass is 32.1. The maximum atomic E-state index is 5.90. The van der Waals surface area contributed by atoms with Crippen molar-refractivity contribution in [3.05, 3.63) is 28.0 Å². The SMILES string of the molecule is CN(C)CCOC[C@@H]1CN(Cc2nccs2)Cc2nnn(C)c21. The number of hydrogen-bond donors (Lipinski definition) is 0. The molecule has 126 valence electrons. The summed E-state index contributed by atoms with van der Waals surface area (Å²) < 4.78 is 7.80. The summed E-state index contributed by atoms with van der Waals surface area (Å²) in [7, 11) is 6.08. The molecule has 23 heavy (non-hydrogen) atoms. The van der Waals surface area contributed by atoms with E-state index in [-0.39, 0.29) is 0 Å². The summed E-state index contributed by atoms with van der Waals surface area (Å²) in [5.41, 5.74) is 2.28. The van der Waals surface area contributed by atoms with Crippen molar-refractivity contribution in [2.24, 2.45) is 7.05 Å². The molecule has 3 rings (SSSR count). The van der Waals surface area contributed by atoms with Crippen LogP contribution in [0, 0.1) is 0 Å². The first-order chi connectivity index (χ1) is 11.1. The van der Waals surface area contributed by atoms with Gasteiger partial charge in [0.15, 0.2) is 0 Å². The van der Waals surface area contributed by atoms with Crippen LogP contribution in [0.5, 0.6) is 0 Å². The van der Waals surface area contributed by atoms with Gasteiger partial charge in [0.1, 0.15) is 10.7 Å². The second-order valence-electron chi connectivity index (χ2n) is 6.22. The van der Waals surface area contributed by atoms with E-state index in [1.165, 1.54) is 5.69 Å². The molecule has 3 heterocycles. The minimum Gasteiger partial charge on any atom is -0.379 e. The molecule has 1 aliphatic heterocycles. The lowest BCUT2D eigenvalue weighted by molar-refractivity contribution is 0.0834. The van der Waals surface area contributed by atoms with Crippen LogP contribution in [0.25, 0.3) is 0 Å². The molecule has 0 aliphatic carbocycles. The Hall–Kier alpha value is -1.35. The smallest absolute Gasteiger partial charge is 0.107 e. The summed E-state index contributed by atoms with van der Waals surface area (Å²) in [5, 5.41) is 11.7. The van der Waals surface area contributed by atoms with Crippen LogP contribution in [0.3, 0.4) is 0 Å². The normalized spacial score (nSPS) is 18.5. The Morgan fingerprint density at radius 2 is 2.30 bits per heavy atom. The van der Waals surface area contributed by atoms with Crippen LogP contribution in [0.2, 0.25) is 0 Å². The Balaban J connectivity index is 1.65. The van der Waals surface area contributed by atoms with E-state index in [0.29, 0.717) is 12.5 Å². The molecule has 1 atom stereocenters. The van der Waals surface area contributed by atoms with E-state index in [2.05, 4.69) is 39.2 Å². The molecule has 0 aromatic carbocycles. The zero-order chi connectivity index (χ0) is 16.2. The van der Waals surface area contributed by atoms with Crippen molar-refractivity contribution in [1.29, 1.82) is 0 Å². The fourth-order valence-corrected chi connectivity index (χ4v) is 3.60. The van der Waals surface area contributed by atoms with Crippen LogP contribution in [0.4, 0.5) is 0 Å². The number of thiazole rings is 1. The number of rotatable bonds is 7. The average Bonchev–Trinajstić information content (AvgIpc) is 3.14. The van der Waals surface area contributed by atoms with Gasteiger partial charge < -0.3 is 9.64 Å². The van der Waals surface area contributed by atoms with Gasteiger partial charge in [0.25, 0.3) is 0 Å². The van der Waals surface area contributed by atoms with E-state index >= 15 is 0 Å². The number of likely N-dealkylation sites (N-methyl/N-ethyl adjacent to an activating group) is 1. The van der Waals surface area contributed by atoms with Crippen LogP contribution in [-0.2, 0) is 24.9 Å². The minimum atomic E-state index is 0.306. The van der Waals surface area contributed by atoms with Gasteiger partial charge in [-0.3, -0.25) is 9.58 Å². The van der Waals surface area contributed by atoms with Gasteiger partial charge in [-0.05, 0) is 14.1 Å². The average molecular weight is 336 g/mol. The molecule has 2 aromatic rings. The summed E-state index contributed by atoms with van der Waals surface area (Å²) in [5.74, 6) is 0.306. The Bertz CT molecular complexity index is 612. The number of ether oxygens (including phenoxy) is 1. The summed E-state index contributed by atoms with van der Waals surface area (Å²) in [4.78, 5) is 8.91. The van der Waals surface area contributed by atoms with Crippen molar-refractivity contribution >= 4 is 11.3 Å². The van der Waals surface area contributed by atoms with Gasteiger partial charge in [-0.25, -0.2) is 4.98 Å². The van der Waals surface area contributed by atoms with Gasteiger partial charge in [0.2, 0.25) is 0 Å². The lowest BCUT2D eigenvalue weighted by Gasteiger charge is -2.31. The monoisotopic (exact) mass is 336 g/mol. The number of fused-ring (bicyclic) bond motifs is 1. The van der Waals surface area contributed by atoms with Gasteiger partial charge >= 0.3 is 0 Å². The molecule has 0 bridgehead atoms. The molecule has 0 N–H and O–H groups in total. The molecule has 0 saturated carbocycles. The van der Waals surface area contributed by atoms with Crippen LogP contribution in [-0.4, -0.2) is 70.2 Å². The second kappa shape index (κ2) is 7.48. The zero-order valence-corrected chi connectivity index (χ0v) is 14.8. The lowest BCUT2D eigenvalue weighted by atomic mass is 9.99. The summed E-state index contributed by atoms with van der Waals surface area (Å²) in [6.07, 6.45) is 1.86. The molecule has 0 amide bonds. The van der Waals surface area contributed by atoms with E-state index in [1.54, 1.807) is 11.3 Å². The third kappa shape index (κ3) is 4.14. The third-order valence-corrected chi connectivity index (χ3v) is 4.79. The Morgan fingerprint density at radius 1 is 1.43 bits per heavy atom. The van der Waals surface area contributed by atoms with E-state index in [4.69, 9.17) is 4.74 Å². The van der Waals surface area contributed by atoms with Gasteiger partial charge in [-0.1, -0.05) is 5.21 Å². The molecule has 0 radical (unpaired) electrons. The van der Waals surface area contributed by atoms with Gasteiger partial charge in [0, 0.05) is 44.2 Å². The topological polar surface area (TPSA) is 59.3 Å². The Labute approximate surface area is 140 Å². The molecule has 0 spiro atoms. The first kappa shape index (κ1) is 16.5. The van der Waals surface area contributed by atoms with E-state index < -0.39 is 0 Å². The predicted octanol–water partition coefficient (Wildman–Crippen LogP) is 0.949. The van der Waals surface area contributed by atoms with Crippen LogP contribution in [0.1, 0.15) is 22.3 Å². The summed E-state index contributed by atoms with van der Waals surface area (Å²) >= 11 is 1.70. The fraction of sp³-hybridized carbons (Fsp3) is 0.667. The largest absolute Gasteiger partial charge is 0.379 e. The quantitative estimate of drug-likeness (QED) is 0.702. The van der Waals surface area contributed by atoms with Gasteiger partial charge in [-0.15, -0.1) is 16.4 Å².